The fraction of sp³-hybridized carbons (Fsp3) is 0.364. The summed E-state index contributed by atoms with van der Waals surface area (Å²) in [4.78, 5) is 10.7. The molecule has 31 heavy (non-hydrogen) atoms. The van der Waals surface area contributed by atoms with Gasteiger partial charge >= 0.3 is 6.18 Å². The minimum absolute atomic E-state index is 0.143. The Kier molecular flexibility index (Phi) is 4.94. The van der Waals surface area contributed by atoms with Crippen molar-refractivity contribution in [3.8, 4) is 11.6 Å². The standard InChI is InChI=1S/C22H22F3N5O/c1-14-4-5-15-16(13-14)27-20(22(23,24)25)18-19(15)30(11-10-29-8-6-26-7-9-29)21(28-18)17-3-2-12-31-17/h2-5,12-13,26H,6-11H2,1H3. The van der Waals surface area contributed by atoms with Gasteiger partial charge in [-0.1, -0.05) is 12.1 Å². The summed E-state index contributed by atoms with van der Waals surface area (Å²) in [6.07, 6.45) is -3.12. The molecule has 1 fully saturated rings. The molecule has 162 valence electrons. The molecule has 0 amide bonds. The number of fused-ring (bicyclic) bond motifs is 3. The van der Waals surface area contributed by atoms with Crippen LogP contribution >= 0.6 is 0 Å². The third-order valence-electron chi connectivity index (χ3n) is 5.69. The van der Waals surface area contributed by atoms with Crippen LogP contribution in [0.3, 0.4) is 0 Å². The van der Waals surface area contributed by atoms with Crippen molar-refractivity contribution >= 4 is 21.9 Å². The lowest BCUT2D eigenvalue weighted by Gasteiger charge is -2.27. The molecule has 0 atom stereocenters. The zero-order chi connectivity index (χ0) is 21.6. The summed E-state index contributed by atoms with van der Waals surface area (Å²) in [6, 6.07) is 8.82. The number of hydrogen-bond acceptors (Lipinski definition) is 5. The Morgan fingerprint density at radius 2 is 1.90 bits per heavy atom. The number of alkyl halides is 3. The van der Waals surface area contributed by atoms with Gasteiger partial charge < -0.3 is 14.3 Å². The molecule has 5 rings (SSSR count). The van der Waals surface area contributed by atoms with Crippen molar-refractivity contribution < 1.29 is 17.6 Å². The van der Waals surface area contributed by atoms with E-state index in [1.807, 2.05) is 23.6 Å². The van der Waals surface area contributed by atoms with E-state index in [9.17, 15) is 13.2 Å². The van der Waals surface area contributed by atoms with Crippen molar-refractivity contribution in [1.82, 2.24) is 24.8 Å². The number of benzene rings is 1. The average Bonchev–Trinajstić information content (AvgIpc) is 3.39. The molecule has 6 nitrogen and oxygen atoms in total. The maximum absolute atomic E-state index is 14.0. The van der Waals surface area contributed by atoms with Crippen LogP contribution in [0.5, 0.6) is 0 Å². The first-order valence-electron chi connectivity index (χ1n) is 10.3. The molecule has 1 aromatic carbocycles. The summed E-state index contributed by atoms with van der Waals surface area (Å²) in [7, 11) is 0. The number of rotatable bonds is 4. The molecular formula is C22H22F3N5O. The lowest BCUT2D eigenvalue weighted by Crippen LogP contribution is -2.44. The van der Waals surface area contributed by atoms with Gasteiger partial charge in [-0.15, -0.1) is 0 Å². The topological polar surface area (TPSA) is 59.1 Å². The quantitative estimate of drug-likeness (QED) is 0.530. The molecule has 0 aliphatic carbocycles. The van der Waals surface area contributed by atoms with Crippen LogP contribution in [-0.2, 0) is 12.7 Å². The predicted molar refractivity (Wildman–Crippen MR) is 112 cm³/mol. The zero-order valence-corrected chi connectivity index (χ0v) is 17.0. The van der Waals surface area contributed by atoms with Crippen LogP contribution in [-0.4, -0.2) is 52.2 Å². The molecule has 0 radical (unpaired) electrons. The first kappa shape index (κ1) is 20.0. The van der Waals surface area contributed by atoms with Gasteiger partial charge in [0.1, 0.15) is 5.52 Å². The number of piperazine rings is 1. The van der Waals surface area contributed by atoms with Crippen LogP contribution in [0.15, 0.2) is 41.0 Å². The highest BCUT2D eigenvalue weighted by atomic mass is 19.4. The second-order valence-electron chi connectivity index (χ2n) is 7.83. The second kappa shape index (κ2) is 7.65. The number of aryl methyl sites for hydroxylation is 1. The average molecular weight is 429 g/mol. The van der Waals surface area contributed by atoms with Crippen LogP contribution in [0.4, 0.5) is 13.2 Å². The molecular weight excluding hydrogens is 407 g/mol. The number of furan rings is 1. The van der Waals surface area contributed by atoms with Gasteiger partial charge in [-0.25, -0.2) is 9.97 Å². The van der Waals surface area contributed by atoms with Crippen LogP contribution in [0.25, 0.3) is 33.5 Å². The van der Waals surface area contributed by atoms with Crippen LogP contribution in [0, 0.1) is 6.92 Å². The third kappa shape index (κ3) is 3.68. The van der Waals surface area contributed by atoms with Gasteiger partial charge in [-0.2, -0.15) is 13.2 Å². The van der Waals surface area contributed by atoms with Gasteiger partial charge in [0.15, 0.2) is 17.3 Å². The Labute approximate surface area is 176 Å². The molecule has 0 saturated carbocycles. The van der Waals surface area contributed by atoms with E-state index < -0.39 is 11.9 Å². The SMILES string of the molecule is Cc1ccc2c(c1)nc(C(F)(F)F)c1nc(-c3ccco3)n(CCN3CCNCC3)c12. The van der Waals surface area contributed by atoms with Crippen molar-refractivity contribution in [1.29, 1.82) is 0 Å². The number of aromatic nitrogens is 3. The van der Waals surface area contributed by atoms with Gasteiger partial charge in [-0.05, 0) is 30.7 Å². The van der Waals surface area contributed by atoms with Crippen LogP contribution in [0.1, 0.15) is 11.3 Å². The number of nitrogens with one attached hydrogen (secondary N) is 1. The van der Waals surface area contributed by atoms with Crippen molar-refractivity contribution in [2.24, 2.45) is 0 Å². The smallest absolute Gasteiger partial charge is 0.435 e. The molecule has 3 aromatic heterocycles. The zero-order valence-electron chi connectivity index (χ0n) is 17.0. The normalized spacial score (nSPS) is 15.9. The van der Waals surface area contributed by atoms with E-state index in [1.165, 1.54) is 6.26 Å². The summed E-state index contributed by atoms with van der Waals surface area (Å²) in [5.74, 6) is 0.820. The van der Waals surface area contributed by atoms with Gasteiger partial charge in [0.2, 0.25) is 0 Å². The lowest BCUT2D eigenvalue weighted by atomic mass is 10.1. The number of imidazole rings is 1. The summed E-state index contributed by atoms with van der Waals surface area (Å²) in [5.41, 5.74) is 0.503. The lowest BCUT2D eigenvalue weighted by molar-refractivity contribution is -0.139. The summed E-state index contributed by atoms with van der Waals surface area (Å²) >= 11 is 0. The second-order valence-corrected chi connectivity index (χ2v) is 7.83. The molecule has 4 heterocycles. The van der Waals surface area contributed by atoms with E-state index in [4.69, 9.17) is 4.42 Å². The molecule has 0 unspecified atom stereocenters. The van der Waals surface area contributed by atoms with Gasteiger partial charge in [0.05, 0.1) is 17.3 Å². The Balaban J connectivity index is 1.75. The number of hydrogen-bond donors (Lipinski definition) is 1. The van der Waals surface area contributed by atoms with Gasteiger partial charge in [0.25, 0.3) is 0 Å². The first-order valence-corrected chi connectivity index (χ1v) is 10.3. The Morgan fingerprint density at radius 1 is 1.10 bits per heavy atom. The van der Waals surface area contributed by atoms with E-state index >= 15 is 0 Å². The van der Waals surface area contributed by atoms with Crippen molar-refractivity contribution in [3.05, 3.63) is 47.9 Å². The number of pyridine rings is 1. The van der Waals surface area contributed by atoms with Gasteiger partial charge in [-0.3, -0.25) is 4.90 Å². The van der Waals surface area contributed by atoms with E-state index in [0.717, 1.165) is 31.7 Å². The molecule has 4 aromatic rings. The largest absolute Gasteiger partial charge is 0.461 e. The minimum atomic E-state index is -4.62. The highest BCUT2D eigenvalue weighted by Crippen LogP contribution is 2.38. The van der Waals surface area contributed by atoms with E-state index in [-0.39, 0.29) is 5.52 Å². The van der Waals surface area contributed by atoms with E-state index in [1.54, 1.807) is 18.2 Å². The molecule has 1 aliphatic rings. The van der Waals surface area contributed by atoms with Crippen LogP contribution < -0.4 is 5.32 Å². The van der Waals surface area contributed by atoms with E-state index in [2.05, 4.69) is 20.2 Å². The molecule has 1 aliphatic heterocycles. The predicted octanol–water partition coefficient (Wildman–Crippen LogP) is 4.08. The minimum Gasteiger partial charge on any atom is -0.461 e. The number of halogens is 3. The molecule has 9 heteroatoms. The van der Waals surface area contributed by atoms with Crippen molar-refractivity contribution in [3.63, 3.8) is 0 Å². The molecule has 0 spiro atoms. The summed E-state index contributed by atoms with van der Waals surface area (Å²) < 4.78 is 49.2. The fourth-order valence-corrected chi connectivity index (χ4v) is 4.18. The maximum Gasteiger partial charge on any atom is 0.435 e. The van der Waals surface area contributed by atoms with Crippen LogP contribution in [0.2, 0.25) is 0 Å². The summed E-state index contributed by atoms with van der Waals surface area (Å²) in [5, 5.41) is 3.97. The molecule has 1 N–H and O–H groups in total. The molecule has 1 saturated heterocycles. The number of nitrogens with zero attached hydrogens (tertiary/aromatic N) is 4. The van der Waals surface area contributed by atoms with Crippen molar-refractivity contribution in [2.45, 2.75) is 19.6 Å². The summed E-state index contributed by atoms with van der Waals surface area (Å²) in [6.45, 7) is 6.65. The van der Waals surface area contributed by atoms with Gasteiger partial charge in [0, 0.05) is 44.7 Å². The Bertz CT molecular complexity index is 1220. The third-order valence-corrected chi connectivity index (χ3v) is 5.69. The Morgan fingerprint density at radius 3 is 2.61 bits per heavy atom. The first-order chi connectivity index (χ1) is 14.9. The highest BCUT2D eigenvalue weighted by Gasteiger charge is 2.38. The van der Waals surface area contributed by atoms with E-state index in [0.29, 0.717) is 41.1 Å². The maximum atomic E-state index is 14.0. The Hall–Kier alpha value is -2.91. The fourth-order valence-electron chi connectivity index (χ4n) is 4.18. The monoisotopic (exact) mass is 429 g/mol. The highest BCUT2D eigenvalue weighted by molar-refractivity contribution is 6.05. The van der Waals surface area contributed by atoms with Crippen molar-refractivity contribution in [2.75, 3.05) is 32.7 Å². The molecule has 0 bridgehead atoms.